The number of nitriles is 1. The number of hydrogen-bond acceptors (Lipinski definition) is 5. The number of carbonyl (C=O) groups is 1. The van der Waals surface area contributed by atoms with Gasteiger partial charge in [0.1, 0.15) is 12.4 Å². The number of carbonyl (C=O) groups excluding carboxylic acids is 1. The Morgan fingerprint density at radius 1 is 1.14 bits per heavy atom. The number of thioether (sulfide) groups is 1. The first-order valence-electron chi connectivity index (χ1n) is 11.0. The van der Waals surface area contributed by atoms with Gasteiger partial charge < -0.3 is 4.74 Å². The van der Waals surface area contributed by atoms with Crippen LogP contribution in [0.25, 0.3) is 6.08 Å². The molecular formula is C27H20Br2ClN3O2S. The third-order valence-electron chi connectivity index (χ3n) is 5.21. The van der Waals surface area contributed by atoms with Crippen molar-refractivity contribution < 1.29 is 9.53 Å². The van der Waals surface area contributed by atoms with Crippen LogP contribution >= 0.6 is 55.2 Å². The fourth-order valence-corrected chi connectivity index (χ4v) is 6.10. The summed E-state index contributed by atoms with van der Waals surface area (Å²) in [4.78, 5) is 20.2. The monoisotopic (exact) mass is 643 g/mol. The average Bonchev–Trinajstić information content (AvgIpc) is 3.14. The van der Waals surface area contributed by atoms with E-state index in [9.17, 15) is 10.1 Å². The summed E-state index contributed by atoms with van der Waals surface area (Å²) in [5.74, 6) is 0.545. The fourth-order valence-electron chi connectivity index (χ4n) is 3.50. The molecule has 1 fully saturated rings. The molecule has 1 aliphatic rings. The average molecular weight is 646 g/mol. The van der Waals surface area contributed by atoms with Gasteiger partial charge in [-0.05, 0) is 104 Å². The Kier molecular flexibility index (Phi) is 8.91. The van der Waals surface area contributed by atoms with Crippen LogP contribution in [0, 0.1) is 11.3 Å². The Balaban J connectivity index is 1.58. The van der Waals surface area contributed by atoms with E-state index >= 15 is 0 Å². The summed E-state index contributed by atoms with van der Waals surface area (Å²) in [6.45, 7) is 2.87. The highest BCUT2D eigenvalue weighted by Crippen LogP contribution is 2.39. The van der Waals surface area contributed by atoms with Crippen molar-refractivity contribution in [3.8, 4) is 11.8 Å². The number of nitrogens with zero attached hydrogens (tertiary/aromatic N) is 3. The zero-order chi connectivity index (χ0) is 25.7. The molecule has 1 saturated heterocycles. The number of benzene rings is 3. The number of ether oxygens (including phenoxy) is 1. The maximum atomic E-state index is 13.2. The molecule has 0 saturated carbocycles. The van der Waals surface area contributed by atoms with Crippen LogP contribution < -0.4 is 4.74 Å². The first-order valence-corrected chi connectivity index (χ1v) is 13.8. The third-order valence-corrected chi connectivity index (χ3v) is 7.65. The van der Waals surface area contributed by atoms with E-state index in [2.05, 4.69) is 42.9 Å². The Morgan fingerprint density at radius 2 is 1.83 bits per heavy atom. The zero-order valence-corrected chi connectivity index (χ0v) is 23.9. The predicted octanol–water partition coefficient (Wildman–Crippen LogP) is 8.33. The molecule has 36 heavy (non-hydrogen) atoms. The second-order valence-corrected chi connectivity index (χ2v) is 11.0. The van der Waals surface area contributed by atoms with Crippen LogP contribution in [-0.4, -0.2) is 22.5 Å². The van der Waals surface area contributed by atoms with Crippen LogP contribution in [0.2, 0.25) is 5.02 Å². The Morgan fingerprint density at radius 3 is 2.50 bits per heavy atom. The Labute approximate surface area is 236 Å². The quantitative estimate of drug-likeness (QED) is 0.243. The molecule has 5 nitrogen and oxygen atoms in total. The fraction of sp³-hybridized carbons (Fsp3) is 0.148. The van der Waals surface area contributed by atoms with Crippen molar-refractivity contribution in [2.75, 3.05) is 6.54 Å². The molecule has 1 amide bonds. The molecule has 1 heterocycles. The van der Waals surface area contributed by atoms with E-state index in [0.29, 0.717) is 33.0 Å². The molecule has 0 unspecified atom stereocenters. The Bertz CT molecular complexity index is 1380. The van der Waals surface area contributed by atoms with Crippen LogP contribution in [0.3, 0.4) is 0 Å². The molecule has 3 aromatic carbocycles. The minimum absolute atomic E-state index is 0.0738. The van der Waals surface area contributed by atoms with Gasteiger partial charge in [-0.1, -0.05) is 36.7 Å². The second kappa shape index (κ2) is 12.1. The largest absolute Gasteiger partial charge is 0.486 e. The Hall–Kier alpha value is -2.57. The molecule has 4 rings (SSSR count). The lowest BCUT2D eigenvalue weighted by atomic mass is 10.1. The summed E-state index contributed by atoms with van der Waals surface area (Å²) >= 11 is 14.5. The van der Waals surface area contributed by atoms with Gasteiger partial charge in [-0.2, -0.15) is 5.26 Å². The third kappa shape index (κ3) is 6.22. The lowest BCUT2D eigenvalue weighted by molar-refractivity contribution is -0.122. The molecule has 0 aliphatic carbocycles. The van der Waals surface area contributed by atoms with Crippen molar-refractivity contribution in [2.24, 2.45) is 4.99 Å². The molecule has 182 valence electrons. The molecule has 9 heteroatoms. The zero-order valence-electron chi connectivity index (χ0n) is 19.2. The van der Waals surface area contributed by atoms with Crippen molar-refractivity contribution in [1.29, 1.82) is 5.26 Å². The van der Waals surface area contributed by atoms with Crippen molar-refractivity contribution >= 4 is 78.1 Å². The van der Waals surface area contributed by atoms with Gasteiger partial charge in [0, 0.05) is 17.1 Å². The predicted molar refractivity (Wildman–Crippen MR) is 153 cm³/mol. The van der Waals surface area contributed by atoms with E-state index in [1.54, 1.807) is 23.1 Å². The molecule has 0 bridgehead atoms. The second-order valence-electron chi connectivity index (χ2n) is 7.81. The topological polar surface area (TPSA) is 65.7 Å². The van der Waals surface area contributed by atoms with Gasteiger partial charge in [-0.25, -0.2) is 4.99 Å². The van der Waals surface area contributed by atoms with E-state index in [4.69, 9.17) is 16.3 Å². The van der Waals surface area contributed by atoms with Gasteiger partial charge in [0.25, 0.3) is 5.91 Å². The summed E-state index contributed by atoms with van der Waals surface area (Å²) in [7, 11) is 0. The summed E-state index contributed by atoms with van der Waals surface area (Å²) < 4.78 is 7.47. The van der Waals surface area contributed by atoms with Crippen LogP contribution in [0.5, 0.6) is 5.75 Å². The van der Waals surface area contributed by atoms with Gasteiger partial charge in [0.2, 0.25) is 0 Å². The van der Waals surface area contributed by atoms with Crippen LogP contribution in [0.1, 0.15) is 30.0 Å². The lowest BCUT2D eigenvalue weighted by Gasteiger charge is -2.14. The van der Waals surface area contributed by atoms with Crippen molar-refractivity contribution in [1.82, 2.24) is 4.90 Å². The summed E-state index contributed by atoms with van der Waals surface area (Å²) in [5.41, 5.74) is 2.96. The van der Waals surface area contributed by atoms with Gasteiger partial charge in [-0.15, -0.1) is 0 Å². The maximum absolute atomic E-state index is 13.2. The van der Waals surface area contributed by atoms with Gasteiger partial charge in [0.15, 0.2) is 5.17 Å². The SMILES string of the molecule is CCCN1C(=O)/C(=C/c2cc(Br)c(OCc3ccccc3C#N)c(Br)c2)SC1=Nc1ccc(Cl)cc1. The molecule has 0 atom stereocenters. The number of hydrogen-bond donors (Lipinski definition) is 0. The number of halogens is 3. The first kappa shape index (κ1) is 26.5. The summed E-state index contributed by atoms with van der Waals surface area (Å²) in [5, 5.41) is 10.6. The van der Waals surface area contributed by atoms with E-state index < -0.39 is 0 Å². The molecular weight excluding hydrogens is 626 g/mol. The molecule has 0 aromatic heterocycles. The normalized spacial score (nSPS) is 15.5. The van der Waals surface area contributed by atoms with Crippen molar-refractivity contribution in [3.63, 3.8) is 0 Å². The number of amidine groups is 1. The van der Waals surface area contributed by atoms with Gasteiger partial charge in [0.05, 0.1) is 31.2 Å². The molecule has 0 radical (unpaired) electrons. The van der Waals surface area contributed by atoms with Crippen LogP contribution in [0.4, 0.5) is 5.69 Å². The lowest BCUT2D eigenvalue weighted by Crippen LogP contribution is -2.29. The number of amides is 1. The first-order chi connectivity index (χ1) is 17.4. The standard InChI is InChI=1S/C27H20Br2ClN3O2S/c1-2-11-33-26(34)24(36-27(33)32-21-9-7-20(30)8-10-21)14-17-12-22(28)25(23(29)13-17)35-16-19-6-4-3-5-18(19)15-31/h3-10,12-14H,2,11,16H2,1H3/b24-14-,32-27?. The molecule has 0 spiro atoms. The maximum Gasteiger partial charge on any atom is 0.266 e. The number of rotatable bonds is 7. The highest BCUT2D eigenvalue weighted by molar-refractivity contribution is 9.11. The van der Waals surface area contributed by atoms with E-state index in [1.807, 2.05) is 55.5 Å². The van der Waals surface area contributed by atoms with Crippen molar-refractivity contribution in [3.05, 3.63) is 96.2 Å². The van der Waals surface area contributed by atoms with Crippen LogP contribution in [-0.2, 0) is 11.4 Å². The van der Waals surface area contributed by atoms with Gasteiger partial charge in [-0.3, -0.25) is 9.69 Å². The molecule has 0 N–H and O–H groups in total. The number of aliphatic imine (C=N–C) groups is 1. The highest BCUT2D eigenvalue weighted by Gasteiger charge is 2.32. The summed E-state index contributed by atoms with van der Waals surface area (Å²) in [6, 6.07) is 20.5. The minimum atomic E-state index is -0.0738. The van der Waals surface area contributed by atoms with Crippen LogP contribution in [0.15, 0.2) is 79.5 Å². The van der Waals surface area contributed by atoms with E-state index in [-0.39, 0.29) is 12.5 Å². The van der Waals surface area contributed by atoms with E-state index in [1.165, 1.54) is 11.8 Å². The molecule has 1 aliphatic heterocycles. The minimum Gasteiger partial charge on any atom is -0.486 e. The van der Waals surface area contributed by atoms with Crippen molar-refractivity contribution in [2.45, 2.75) is 20.0 Å². The van der Waals surface area contributed by atoms with E-state index in [0.717, 1.165) is 32.2 Å². The highest BCUT2D eigenvalue weighted by atomic mass is 79.9. The van der Waals surface area contributed by atoms with Gasteiger partial charge >= 0.3 is 0 Å². The summed E-state index contributed by atoms with van der Waals surface area (Å²) in [6.07, 6.45) is 2.67. The molecule has 3 aromatic rings. The smallest absolute Gasteiger partial charge is 0.266 e.